The predicted molar refractivity (Wildman–Crippen MR) is 124 cm³/mol. The molecule has 0 saturated carbocycles. The van der Waals surface area contributed by atoms with Gasteiger partial charge in [0.05, 0.1) is 17.0 Å². The van der Waals surface area contributed by atoms with Gasteiger partial charge in [-0.15, -0.1) is 0 Å². The Balaban J connectivity index is 1.54. The van der Waals surface area contributed by atoms with Crippen LogP contribution >= 0.6 is 11.6 Å². The van der Waals surface area contributed by atoms with Gasteiger partial charge in [0.2, 0.25) is 5.95 Å². The van der Waals surface area contributed by atoms with E-state index in [1.54, 1.807) is 6.20 Å². The summed E-state index contributed by atoms with van der Waals surface area (Å²) in [5.41, 5.74) is 4.73. The van der Waals surface area contributed by atoms with Gasteiger partial charge in [0.1, 0.15) is 5.82 Å². The second-order valence-corrected chi connectivity index (χ2v) is 7.22. The fourth-order valence-corrected chi connectivity index (χ4v) is 3.39. The summed E-state index contributed by atoms with van der Waals surface area (Å²) < 4.78 is 0. The highest BCUT2D eigenvalue weighted by Gasteiger charge is 2.11. The molecule has 0 aliphatic carbocycles. The van der Waals surface area contributed by atoms with E-state index in [9.17, 15) is 0 Å². The minimum Gasteiger partial charge on any atom is -0.372 e. The number of benzene rings is 2. The summed E-state index contributed by atoms with van der Waals surface area (Å²) in [5, 5.41) is 7.14. The first-order chi connectivity index (χ1) is 14.7. The lowest BCUT2D eigenvalue weighted by Crippen LogP contribution is -2.09. The Bertz CT molecular complexity index is 1130. The second-order valence-electron chi connectivity index (χ2n) is 6.79. The molecule has 150 valence electrons. The molecule has 0 saturated heterocycles. The molecule has 2 N–H and O–H groups in total. The summed E-state index contributed by atoms with van der Waals surface area (Å²) in [6.07, 6.45) is 2.71. The van der Waals surface area contributed by atoms with E-state index in [2.05, 4.69) is 32.7 Å². The first kappa shape index (κ1) is 19.9. The van der Waals surface area contributed by atoms with Crippen LogP contribution < -0.4 is 10.6 Å². The van der Waals surface area contributed by atoms with Crippen LogP contribution in [0.1, 0.15) is 5.56 Å². The number of nitrogens with zero attached hydrogens (tertiary/aromatic N) is 3. The third-order valence-corrected chi connectivity index (χ3v) is 4.95. The first-order valence-electron chi connectivity index (χ1n) is 9.79. The van der Waals surface area contributed by atoms with Gasteiger partial charge < -0.3 is 10.6 Å². The van der Waals surface area contributed by atoms with Gasteiger partial charge in [-0.25, -0.2) is 9.97 Å². The Kier molecular flexibility index (Phi) is 6.20. The van der Waals surface area contributed by atoms with Crippen LogP contribution in [0.25, 0.3) is 22.5 Å². The van der Waals surface area contributed by atoms with Crippen molar-refractivity contribution < 1.29 is 0 Å². The molecule has 6 heteroatoms. The van der Waals surface area contributed by atoms with Crippen molar-refractivity contribution >= 4 is 23.4 Å². The minimum atomic E-state index is 0.588. The lowest BCUT2D eigenvalue weighted by atomic mass is 10.1. The average Bonchev–Trinajstić information content (AvgIpc) is 2.80. The van der Waals surface area contributed by atoms with Crippen molar-refractivity contribution in [2.45, 2.75) is 6.42 Å². The van der Waals surface area contributed by atoms with Gasteiger partial charge in [-0.05, 0) is 36.2 Å². The number of halogens is 1. The Hall–Kier alpha value is -3.44. The van der Waals surface area contributed by atoms with Crippen molar-refractivity contribution in [2.24, 2.45) is 0 Å². The van der Waals surface area contributed by atoms with Crippen LogP contribution in [-0.2, 0) is 6.42 Å². The summed E-state index contributed by atoms with van der Waals surface area (Å²) in [5.74, 6) is 1.31. The van der Waals surface area contributed by atoms with Crippen molar-refractivity contribution in [3.8, 4) is 22.5 Å². The number of pyridine rings is 1. The van der Waals surface area contributed by atoms with Gasteiger partial charge in [-0.3, -0.25) is 0 Å². The standard InChI is InChI=1S/C24H22ClN5/c1-26-23-20(16-28-24(30-23)27-14-13-17-7-3-2-4-8-17)22-12-6-11-21(29-22)18-9-5-10-19(25)15-18/h2-12,15-16H,13-14H2,1H3,(H2,26,27,28,30). The van der Waals surface area contributed by atoms with Crippen LogP contribution in [0.4, 0.5) is 11.8 Å². The van der Waals surface area contributed by atoms with Gasteiger partial charge in [-0.2, -0.15) is 4.98 Å². The topological polar surface area (TPSA) is 62.7 Å². The number of hydrogen-bond donors (Lipinski definition) is 2. The predicted octanol–water partition coefficient (Wildman–Crippen LogP) is 5.56. The van der Waals surface area contributed by atoms with E-state index >= 15 is 0 Å². The maximum atomic E-state index is 6.13. The molecule has 2 aromatic heterocycles. The lowest BCUT2D eigenvalue weighted by Gasteiger charge is -2.11. The number of aromatic nitrogens is 3. The van der Waals surface area contributed by atoms with Crippen LogP contribution in [0.15, 0.2) is 79.0 Å². The van der Waals surface area contributed by atoms with Gasteiger partial charge in [0.25, 0.3) is 0 Å². The van der Waals surface area contributed by atoms with Gasteiger partial charge >= 0.3 is 0 Å². The summed E-state index contributed by atoms with van der Waals surface area (Å²) in [6.45, 7) is 0.759. The molecule has 30 heavy (non-hydrogen) atoms. The third-order valence-electron chi connectivity index (χ3n) is 4.71. The Morgan fingerprint density at radius 3 is 2.47 bits per heavy atom. The molecule has 0 bridgehead atoms. The fraction of sp³-hybridized carbons (Fsp3) is 0.125. The van der Waals surface area contributed by atoms with E-state index in [0.717, 1.165) is 41.3 Å². The molecular formula is C24H22ClN5. The van der Waals surface area contributed by atoms with Crippen molar-refractivity contribution in [2.75, 3.05) is 24.2 Å². The summed E-state index contributed by atoms with van der Waals surface area (Å²) in [7, 11) is 1.85. The zero-order valence-electron chi connectivity index (χ0n) is 16.6. The summed E-state index contributed by atoms with van der Waals surface area (Å²) in [4.78, 5) is 13.9. The molecule has 2 heterocycles. The number of anilines is 2. The molecule has 0 fully saturated rings. The quantitative estimate of drug-likeness (QED) is 0.414. The van der Waals surface area contributed by atoms with Crippen LogP contribution in [0, 0.1) is 0 Å². The van der Waals surface area contributed by atoms with Crippen LogP contribution in [-0.4, -0.2) is 28.5 Å². The molecule has 0 amide bonds. The van der Waals surface area contributed by atoms with Gasteiger partial charge in [-0.1, -0.05) is 60.1 Å². The molecule has 2 aromatic carbocycles. The normalized spacial score (nSPS) is 10.6. The van der Waals surface area contributed by atoms with Crippen molar-refractivity contribution in [3.05, 3.63) is 89.6 Å². The van der Waals surface area contributed by atoms with E-state index in [-0.39, 0.29) is 0 Å². The second kappa shape index (κ2) is 9.37. The lowest BCUT2D eigenvalue weighted by molar-refractivity contribution is 0.984. The smallest absolute Gasteiger partial charge is 0.224 e. The molecular weight excluding hydrogens is 394 g/mol. The maximum Gasteiger partial charge on any atom is 0.224 e. The number of rotatable bonds is 7. The summed E-state index contributed by atoms with van der Waals surface area (Å²) in [6, 6.07) is 23.9. The Morgan fingerprint density at radius 1 is 0.867 bits per heavy atom. The van der Waals surface area contributed by atoms with E-state index in [0.29, 0.717) is 11.0 Å². The monoisotopic (exact) mass is 415 g/mol. The van der Waals surface area contributed by atoms with Crippen molar-refractivity contribution in [3.63, 3.8) is 0 Å². The van der Waals surface area contributed by atoms with Gasteiger partial charge in [0, 0.05) is 30.4 Å². The SMILES string of the molecule is CNc1nc(NCCc2ccccc2)ncc1-c1cccc(-c2cccc(Cl)c2)n1. The average molecular weight is 416 g/mol. The highest BCUT2D eigenvalue weighted by Crippen LogP contribution is 2.28. The molecule has 4 aromatic rings. The fourth-order valence-electron chi connectivity index (χ4n) is 3.20. The largest absolute Gasteiger partial charge is 0.372 e. The van der Waals surface area contributed by atoms with Crippen LogP contribution in [0.5, 0.6) is 0 Å². The molecule has 0 aliphatic rings. The van der Waals surface area contributed by atoms with E-state index < -0.39 is 0 Å². The summed E-state index contributed by atoms with van der Waals surface area (Å²) >= 11 is 6.13. The van der Waals surface area contributed by atoms with Crippen LogP contribution in [0.2, 0.25) is 5.02 Å². The van der Waals surface area contributed by atoms with E-state index in [1.807, 2.05) is 67.7 Å². The molecule has 5 nitrogen and oxygen atoms in total. The third kappa shape index (κ3) is 4.75. The molecule has 0 atom stereocenters. The molecule has 4 rings (SSSR count). The minimum absolute atomic E-state index is 0.588. The Morgan fingerprint density at radius 2 is 1.67 bits per heavy atom. The van der Waals surface area contributed by atoms with Crippen LogP contribution in [0.3, 0.4) is 0 Å². The van der Waals surface area contributed by atoms with Crippen molar-refractivity contribution in [1.82, 2.24) is 15.0 Å². The highest BCUT2D eigenvalue weighted by atomic mass is 35.5. The number of hydrogen-bond acceptors (Lipinski definition) is 5. The molecule has 0 spiro atoms. The first-order valence-corrected chi connectivity index (χ1v) is 10.2. The van der Waals surface area contributed by atoms with Gasteiger partial charge in [0.15, 0.2) is 0 Å². The zero-order valence-corrected chi connectivity index (χ0v) is 17.4. The molecule has 0 radical (unpaired) electrons. The van der Waals surface area contributed by atoms with Crippen molar-refractivity contribution in [1.29, 1.82) is 0 Å². The van der Waals surface area contributed by atoms with E-state index in [1.165, 1.54) is 5.56 Å². The highest BCUT2D eigenvalue weighted by molar-refractivity contribution is 6.30. The Labute approximate surface area is 181 Å². The molecule has 0 aliphatic heterocycles. The zero-order chi connectivity index (χ0) is 20.8. The molecule has 0 unspecified atom stereocenters. The number of nitrogens with one attached hydrogen (secondary N) is 2. The van der Waals surface area contributed by atoms with E-state index in [4.69, 9.17) is 16.6 Å². The maximum absolute atomic E-state index is 6.13.